The van der Waals surface area contributed by atoms with Crippen molar-refractivity contribution in [2.75, 3.05) is 25.9 Å². The molecule has 266 valence electrons. The molecular weight excluding hydrogens is 680 g/mol. The van der Waals surface area contributed by atoms with Gasteiger partial charge in [0.15, 0.2) is 0 Å². The summed E-state index contributed by atoms with van der Waals surface area (Å²) < 4.78 is 49.2. The zero-order valence-corrected chi connectivity index (χ0v) is 31.8. The Morgan fingerprint density at radius 2 is 1.67 bits per heavy atom. The summed E-state index contributed by atoms with van der Waals surface area (Å²) in [4.78, 5) is 27.5. The first-order chi connectivity index (χ1) is 23.5. The van der Waals surface area contributed by atoms with Crippen LogP contribution in [0, 0.1) is 12.8 Å². The number of hydrogen-bond acceptors (Lipinski definition) is 9. The molecule has 0 spiro atoms. The standard InChI is InChI=1S/C35H49N3O8P2Si/c1-6-42-48(41,43-7-2)23-26(4)33-30(21-32(44-33)37-22-25(3)34(39)36-35(37)40)45-47-38-20-14-19-29(38)31(46-47)24-49(5,27-15-10-8-11-16-27)28-17-12-9-13-18-28/h8-13,15-18,22,26,29-33H,6-7,14,19-21,23-24H2,1-5H3,(H,36,39,40)/t26-,29+,30?,31-,32-,33-,47+/m1/s1. The molecule has 0 aliphatic carbocycles. The van der Waals surface area contributed by atoms with Crippen molar-refractivity contribution < 1.29 is 27.4 Å². The second-order valence-electron chi connectivity index (χ2n) is 13.5. The summed E-state index contributed by atoms with van der Waals surface area (Å²) in [5, 5.41) is 2.75. The number of nitrogens with one attached hydrogen (secondary N) is 1. The van der Waals surface area contributed by atoms with E-state index in [1.54, 1.807) is 20.8 Å². The number of fused-ring (bicyclic) bond motifs is 1. The van der Waals surface area contributed by atoms with Crippen molar-refractivity contribution in [3.8, 4) is 0 Å². The van der Waals surface area contributed by atoms with E-state index >= 15 is 0 Å². The van der Waals surface area contributed by atoms with E-state index in [2.05, 4.69) is 76.9 Å². The summed E-state index contributed by atoms with van der Waals surface area (Å²) in [5.41, 5.74) is -0.568. The van der Waals surface area contributed by atoms with Gasteiger partial charge in [0.1, 0.15) is 14.3 Å². The SMILES string of the molecule is CCOP(=O)(C[C@@H](C)[C@H]1O[C@@H](n2cc(C)c(=O)[nH]c2=O)CC1O[P@@]1O[C@H](C[Si](C)(c2ccccc2)c2ccccc2)[C@@H]2CCCN21)OCC. The van der Waals surface area contributed by atoms with E-state index in [-0.39, 0.29) is 37.4 Å². The zero-order valence-electron chi connectivity index (χ0n) is 29.0. The molecule has 49 heavy (non-hydrogen) atoms. The highest BCUT2D eigenvalue weighted by molar-refractivity contribution is 7.53. The Morgan fingerprint density at radius 1 is 1.04 bits per heavy atom. The van der Waals surface area contributed by atoms with Gasteiger partial charge in [-0.3, -0.25) is 18.9 Å². The summed E-state index contributed by atoms with van der Waals surface area (Å²) in [6.45, 7) is 11.0. The molecule has 0 bridgehead atoms. The van der Waals surface area contributed by atoms with Crippen LogP contribution in [0.5, 0.6) is 0 Å². The fourth-order valence-electron chi connectivity index (χ4n) is 7.63. The van der Waals surface area contributed by atoms with E-state index in [1.807, 2.05) is 6.92 Å². The summed E-state index contributed by atoms with van der Waals surface area (Å²) in [5.74, 6) is -0.298. The van der Waals surface area contributed by atoms with Gasteiger partial charge in [0, 0.05) is 30.8 Å². The fourth-order valence-corrected chi connectivity index (χ4v) is 15.6. The van der Waals surface area contributed by atoms with Crippen LogP contribution in [0.2, 0.25) is 12.6 Å². The minimum absolute atomic E-state index is 0.000255. The molecule has 6 rings (SSSR count). The Hall–Kier alpha value is -2.24. The third-order valence-electron chi connectivity index (χ3n) is 10.1. The molecule has 3 fully saturated rings. The van der Waals surface area contributed by atoms with Gasteiger partial charge in [-0.15, -0.1) is 0 Å². The van der Waals surface area contributed by atoms with E-state index < -0.39 is 53.9 Å². The van der Waals surface area contributed by atoms with Crippen LogP contribution >= 0.6 is 16.1 Å². The predicted octanol–water partition coefficient (Wildman–Crippen LogP) is 5.40. The maximum Gasteiger partial charge on any atom is 0.331 e. The maximum absolute atomic E-state index is 13.6. The molecule has 3 saturated heterocycles. The third kappa shape index (κ3) is 7.83. The van der Waals surface area contributed by atoms with E-state index in [1.165, 1.54) is 21.1 Å². The Bertz CT molecular complexity index is 1680. The van der Waals surface area contributed by atoms with Crippen molar-refractivity contribution in [3.63, 3.8) is 0 Å². The Labute approximate surface area is 290 Å². The van der Waals surface area contributed by atoms with Gasteiger partial charge in [0.2, 0.25) is 0 Å². The molecule has 0 radical (unpaired) electrons. The van der Waals surface area contributed by atoms with Crippen LogP contribution in [0.1, 0.15) is 51.8 Å². The Balaban J connectivity index is 1.27. The monoisotopic (exact) mass is 729 g/mol. The zero-order chi connectivity index (χ0) is 34.8. The average molecular weight is 730 g/mol. The van der Waals surface area contributed by atoms with Gasteiger partial charge in [-0.1, -0.05) is 84.5 Å². The molecule has 3 aliphatic rings. The van der Waals surface area contributed by atoms with Crippen LogP contribution in [-0.4, -0.2) is 72.6 Å². The van der Waals surface area contributed by atoms with E-state index in [0.29, 0.717) is 12.0 Å². The van der Waals surface area contributed by atoms with Crippen molar-refractivity contribution in [1.82, 2.24) is 14.2 Å². The van der Waals surface area contributed by atoms with Crippen molar-refractivity contribution in [1.29, 1.82) is 0 Å². The van der Waals surface area contributed by atoms with Gasteiger partial charge < -0.3 is 22.8 Å². The average Bonchev–Trinajstić information content (AvgIpc) is 3.81. The third-order valence-corrected chi connectivity index (χ3v) is 18.7. The van der Waals surface area contributed by atoms with E-state index in [4.69, 9.17) is 22.8 Å². The molecule has 1 unspecified atom stereocenters. The number of aromatic nitrogens is 2. The van der Waals surface area contributed by atoms with Crippen LogP contribution in [0.25, 0.3) is 0 Å². The lowest BCUT2D eigenvalue weighted by Gasteiger charge is -2.32. The van der Waals surface area contributed by atoms with Gasteiger partial charge >= 0.3 is 13.3 Å². The number of aryl methyl sites for hydroxylation is 1. The second kappa shape index (κ2) is 15.6. The van der Waals surface area contributed by atoms with E-state index in [9.17, 15) is 14.2 Å². The van der Waals surface area contributed by atoms with Crippen LogP contribution in [0.15, 0.2) is 76.4 Å². The molecule has 3 aromatic rings. The molecule has 2 aromatic carbocycles. The summed E-state index contributed by atoms with van der Waals surface area (Å²) >= 11 is 0. The number of benzene rings is 2. The van der Waals surface area contributed by atoms with Crippen LogP contribution in [0.3, 0.4) is 0 Å². The summed E-state index contributed by atoms with van der Waals surface area (Å²) in [6.07, 6.45) is 2.47. The number of aromatic amines is 1. The fraction of sp³-hybridized carbons (Fsp3) is 0.543. The second-order valence-corrected chi connectivity index (χ2v) is 21.3. The molecule has 11 nitrogen and oxygen atoms in total. The minimum atomic E-state index is -3.40. The quantitative estimate of drug-likeness (QED) is 0.172. The number of H-pyrrole nitrogens is 1. The highest BCUT2D eigenvalue weighted by Gasteiger charge is 2.52. The molecule has 14 heteroatoms. The highest BCUT2D eigenvalue weighted by Crippen LogP contribution is 2.59. The molecule has 7 atom stereocenters. The van der Waals surface area contributed by atoms with Crippen molar-refractivity contribution in [3.05, 3.63) is 93.3 Å². The molecular formula is C35H49N3O8P2Si. The lowest BCUT2D eigenvalue weighted by atomic mass is 10.0. The molecule has 3 aliphatic heterocycles. The van der Waals surface area contributed by atoms with Gasteiger partial charge in [0.05, 0.1) is 37.7 Å². The molecule has 1 N–H and O–H groups in total. The highest BCUT2D eigenvalue weighted by atomic mass is 31.2. The first-order valence-corrected chi connectivity index (χ1v) is 23.0. The topological polar surface area (TPSA) is 121 Å². The lowest BCUT2D eigenvalue weighted by Crippen LogP contribution is -2.58. The van der Waals surface area contributed by atoms with Gasteiger partial charge in [-0.2, -0.15) is 0 Å². The smallest absolute Gasteiger partial charge is 0.331 e. The molecule has 0 saturated carbocycles. The minimum Gasteiger partial charge on any atom is -0.352 e. The molecule has 4 heterocycles. The van der Waals surface area contributed by atoms with Crippen LogP contribution < -0.4 is 21.6 Å². The normalized spacial score (nSPS) is 26.6. The number of nitrogens with zero attached hydrogens (tertiary/aromatic N) is 2. The molecule has 1 aromatic heterocycles. The summed E-state index contributed by atoms with van der Waals surface area (Å²) in [7, 11) is -7.03. The largest absolute Gasteiger partial charge is 0.352 e. The number of ether oxygens (including phenoxy) is 1. The van der Waals surface area contributed by atoms with Gasteiger partial charge in [0.25, 0.3) is 14.1 Å². The van der Waals surface area contributed by atoms with E-state index in [0.717, 1.165) is 25.4 Å². The van der Waals surface area contributed by atoms with Crippen molar-refractivity contribution >= 4 is 34.6 Å². The number of rotatable bonds is 14. The van der Waals surface area contributed by atoms with Crippen LogP contribution in [-0.2, 0) is 27.4 Å². The first-order valence-electron chi connectivity index (χ1n) is 17.4. The Morgan fingerprint density at radius 3 is 2.29 bits per heavy atom. The number of hydrogen-bond donors (Lipinski definition) is 1. The van der Waals surface area contributed by atoms with Gasteiger partial charge in [-0.25, -0.2) is 9.46 Å². The maximum atomic E-state index is 13.6. The lowest BCUT2D eigenvalue weighted by molar-refractivity contribution is -0.0403. The van der Waals surface area contributed by atoms with Crippen molar-refractivity contribution in [2.24, 2.45) is 5.92 Å². The molecule has 0 amide bonds. The summed E-state index contributed by atoms with van der Waals surface area (Å²) in [6, 6.07) is 22.8. The van der Waals surface area contributed by atoms with Crippen LogP contribution in [0.4, 0.5) is 0 Å². The van der Waals surface area contributed by atoms with Crippen molar-refractivity contribution in [2.45, 2.75) is 90.1 Å². The van der Waals surface area contributed by atoms with Gasteiger partial charge in [-0.05, 0) is 45.6 Å². The predicted molar refractivity (Wildman–Crippen MR) is 194 cm³/mol. The first kappa shape index (κ1) is 36.5. The Kier molecular flexibility index (Phi) is 11.6.